The fourth-order valence-corrected chi connectivity index (χ4v) is 3.14. The molecule has 1 fully saturated rings. The quantitative estimate of drug-likeness (QED) is 0.875. The molecule has 1 heterocycles. The van der Waals surface area contributed by atoms with Gasteiger partial charge in [0.05, 0.1) is 4.90 Å². The molecule has 0 bridgehead atoms. The van der Waals surface area contributed by atoms with Gasteiger partial charge in [0.1, 0.15) is 0 Å². The summed E-state index contributed by atoms with van der Waals surface area (Å²) < 4.78 is 26.4. The van der Waals surface area contributed by atoms with E-state index in [-0.39, 0.29) is 17.3 Å². The molecule has 104 valence electrons. The minimum absolute atomic E-state index is 0.116. The van der Waals surface area contributed by atoms with Crippen molar-refractivity contribution in [1.82, 2.24) is 9.62 Å². The Morgan fingerprint density at radius 2 is 1.89 bits per heavy atom. The second-order valence-electron chi connectivity index (χ2n) is 4.55. The molecule has 19 heavy (non-hydrogen) atoms. The van der Waals surface area contributed by atoms with Gasteiger partial charge in [0.2, 0.25) is 15.9 Å². The van der Waals surface area contributed by atoms with Crippen molar-refractivity contribution in [2.45, 2.75) is 24.2 Å². The Hall–Kier alpha value is -1.40. The largest absolute Gasteiger partial charge is 0.341 e. The fraction of sp³-hybridized carbons (Fsp3) is 0.462. The highest BCUT2D eigenvalue weighted by molar-refractivity contribution is 7.89. The van der Waals surface area contributed by atoms with Crippen molar-refractivity contribution < 1.29 is 13.2 Å². The average Bonchev–Trinajstić information content (AvgIpc) is 2.42. The van der Waals surface area contributed by atoms with Gasteiger partial charge in [0, 0.05) is 26.1 Å². The van der Waals surface area contributed by atoms with Crippen molar-refractivity contribution in [3.63, 3.8) is 0 Å². The van der Waals surface area contributed by atoms with Gasteiger partial charge in [-0.15, -0.1) is 0 Å². The maximum Gasteiger partial charge on any atom is 0.240 e. The molecular weight excluding hydrogens is 264 g/mol. The second-order valence-corrected chi connectivity index (χ2v) is 6.32. The Balaban J connectivity index is 1.87. The number of carbonyl (C=O) groups excluding carboxylic acids is 1. The van der Waals surface area contributed by atoms with Gasteiger partial charge in [-0.2, -0.15) is 0 Å². The summed E-state index contributed by atoms with van der Waals surface area (Å²) in [7, 11) is -3.47. The lowest BCUT2D eigenvalue weighted by molar-refractivity contribution is -0.133. The van der Waals surface area contributed by atoms with E-state index in [2.05, 4.69) is 4.72 Å². The van der Waals surface area contributed by atoms with Crippen LogP contribution in [-0.4, -0.2) is 38.9 Å². The first-order valence-electron chi connectivity index (χ1n) is 6.42. The van der Waals surface area contributed by atoms with Crippen molar-refractivity contribution in [2.75, 3.05) is 19.6 Å². The van der Waals surface area contributed by atoms with Gasteiger partial charge in [-0.3, -0.25) is 4.79 Å². The van der Waals surface area contributed by atoms with Crippen molar-refractivity contribution in [2.24, 2.45) is 0 Å². The molecule has 1 amide bonds. The first kappa shape index (κ1) is 14.0. The third kappa shape index (κ3) is 3.78. The van der Waals surface area contributed by atoms with E-state index in [9.17, 15) is 13.2 Å². The van der Waals surface area contributed by atoms with Crippen LogP contribution in [0.5, 0.6) is 0 Å². The van der Waals surface area contributed by atoms with Crippen LogP contribution in [0.1, 0.15) is 19.3 Å². The van der Waals surface area contributed by atoms with E-state index >= 15 is 0 Å². The summed E-state index contributed by atoms with van der Waals surface area (Å²) in [6.45, 7) is 1.42. The molecule has 0 saturated carbocycles. The van der Waals surface area contributed by atoms with Crippen LogP contribution in [0.4, 0.5) is 0 Å². The van der Waals surface area contributed by atoms with E-state index in [0.717, 1.165) is 19.4 Å². The minimum atomic E-state index is -3.47. The number of likely N-dealkylation sites (tertiary alicyclic amines) is 1. The van der Waals surface area contributed by atoms with Crippen LogP contribution in [0.3, 0.4) is 0 Å². The molecule has 0 radical (unpaired) electrons. The van der Waals surface area contributed by atoms with Gasteiger partial charge < -0.3 is 4.90 Å². The van der Waals surface area contributed by atoms with Crippen molar-refractivity contribution in [1.29, 1.82) is 0 Å². The zero-order valence-corrected chi connectivity index (χ0v) is 11.5. The van der Waals surface area contributed by atoms with E-state index in [4.69, 9.17) is 0 Å². The van der Waals surface area contributed by atoms with Gasteiger partial charge in [-0.25, -0.2) is 13.1 Å². The van der Waals surface area contributed by atoms with Gasteiger partial charge in [-0.1, -0.05) is 18.2 Å². The van der Waals surface area contributed by atoms with Crippen molar-refractivity contribution >= 4 is 15.9 Å². The molecular formula is C13H18N2O3S. The summed E-state index contributed by atoms with van der Waals surface area (Å²) in [5.41, 5.74) is 0. The van der Waals surface area contributed by atoms with Crippen LogP contribution < -0.4 is 4.72 Å². The lowest BCUT2D eigenvalue weighted by Crippen LogP contribution is -2.41. The van der Waals surface area contributed by atoms with Gasteiger partial charge >= 0.3 is 0 Å². The van der Waals surface area contributed by atoms with Gasteiger partial charge in [0.25, 0.3) is 0 Å². The normalized spacial score (nSPS) is 16.6. The van der Waals surface area contributed by atoms with E-state index in [1.165, 1.54) is 0 Å². The number of nitrogens with zero attached hydrogens (tertiary/aromatic N) is 1. The molecule has 0 spiro atoms. The molecule has 0 unspecified atom stereocenters. The topological polar surface area (TPSA) is 66.5 Å². The predicted octanol–water partition coefficient (Wildman–Crippen LogP) is 0.977. The van der Waals surface area contributed by atoms with Crippen LogP contribution in [0.2, 0.25) is 0 Å². The molecule has 1 saturated heterocycles. The van der Waals surface area contributed by atoms with Crippen LogP contribution in [-0.2, 0) is 14.8 Å². The summed E-state index contributed by atoms with van der Waals surface area (Å²) in [4.78, 5) is 13.5. The molecule has 1 aliphatic rings. The van der Waals surface area contributed by atoms with Crippen molar-refractivity contribution in [3.05, 3.63) is 30.3 Å². The first-order valence-corrected chi connectivity index (χ1v) is 7.90. The Morgan fingerprint density at radius 3 is 2.58 bits per heavy atom. The molecule has 1 aromatic carbocycles. The number of piperidine rings is 1. The zero-order chi connectivity index (χ0) is 13.7. The SMILES string of the molecule is O=C1CCCCN1CCNS(=O)(=O)c1ccccc1. The van der Waals surface area contributed by atoms with E-state index in [1.807, 2.05) is 0 Å². The highest BCUT2D eigenvalue weighted by Crippen LogP contribution is 2.10. The van der Waals surface area contributed by atoms with Crippen molar-refractivity contribution in [3.8, 4) is 0 Å². The first-order chi connectivity index (χ1) is 9.09. The lowest BCUT2D eigenvalue weighted by Gasteiger charge is -2.26. The highest BCUT2D eigenvalue weighted by Gasteiger charge is 2.18. The summed E-state index contributed by atoms with van der Waals surface area (Å²) in [5, 5.41) is 0. The third-order valence-corrected chi connectivity index (χ3v) is 4.63. The van der Waals surface area contributed by atoms with Gasteiger partial charge in [-0.05, 0) is 25.0 Å². The fourth-order valence-electron chi connectivity index (χ4n) is 2.10. The van der Waals surface area contributed by atoms with E-state index < -0.39 is 10.0 Å². The van der Waals surface area contributed by atoms with E-state index in [1.54, 1.807) is 35.2 Å². The smallest absolute Gasteiger partial charge is 0.240 e. The maximum absolute atomic E-state index is 11.9. The van der Waals surface area contributed by atoms with Crippen LogP contribution in [0, 0.1) is 0 Å². The summed E-state index contributed by atoms with van der Waals surface area (Å²) in [6, 6.07) is 8.24. The monoisotopic (exact) mass is 282 g/mol. The lowest BCUT2D eigenvalue weighted by atomic mass is 10.1. The molecule has 6 heteroatoms. The summed E-state index contributed by atoms with van der Waals surface area (Å²) >= 11 is 0. The highest BCUT2D eigenvalue weighted by atomic mass is 32.2. The number of nitrogens with one attached hydrogen (secondary N) is 1. The molecule has 5 nitrogen and oxygen atoms in total. The second kappa shape index (κ2) is 6.16. The van der Waals surface area contributed by atoms with Crippen LogP contribution >= 0.6 is 0 Å². The van der Waals surface area contributed by atoms with Gasteiger partial charge in [0.15, 0.2) is 0 Å². The molecule has 0 aliphatic carbocycles. The number of rotatable bonds is 5. The van der Waals surface area contributed by atoms with Crippen LogP contribution in [0.15, 0.2) is 35.2 Å². The van der Waals surface area contributed by atoms with Crippen LogP contribution in [0.25, 0.3) is 0 Å². The molecule has 0 atom stereocenters. The molecule has 1 N–H and O–H groups in total. The Kier molecular flexibility index (Phi) is 4.55. The molecule has 2 rings (SSSR count). The number of sulfonamides is 1. The molecule has 1 aliphatic heterocycles. The Labute approximate surface area is 113 Å². The molecule has 1 aromatic rings. The Morgan fingerprint density at radius 1 is 1.16 bits per heavy atom. The summed E-state index contributed by atoms with van der Waals surface area (Å²) in [6.07, 6.45) is 2.51. The number of hydrogen-bond donors (Lipinski definition) is 1. The Bertz CT molecular complexity index is 528. The standard InChI is InChI=1S/C13H18N2O3S/c16-13-8-4-5-10-15(13)11-9-14-19(17,18)12-6-2-1-3-7-12/h1-3,6-7,14H,4-5,8-11H2. The number of benzene rings is 1. The number of amides is 1. The minimum Gasteiger partial charge on any atom is -0.341 e. The van der Waals surface area contributed by atoms with E-state index in [0.29, 0.717) is 13.0 Å². The maximum atomic E-state index is 11.9. The molecule has 0 aromatic heterocycles. The predicted molar refractivity (Wildman–Crippen MR) is 72.1 cm³/mol. The number of hydrogen-bond acceptors (Lipinski definition) is 3. The zero-order valence-electron chi connectivity index (χ0n) is 10.7. The number of carbonyl (C=O) groups is 1. The third-order valence-electron chi connectivity index (χ3n) is 3.15. The average molecular weight is 282 g/mol. The summed E-state index contributed by atoms with van der Waals surface area (Å²) in [5.74, 6) is 0.116.